The third kappa shape index (κ3) is 3.27. The van der Waals surface area contributed by atoms with Crippen LogP contribution in [0.4, 0.5) is 5.82 Å². The second kappa shape index (κ2) is 7.70. The second-order valence-electron chi connectivity index (χ2n) is 9.46. The van der Waals surface area contributed by atoms with Crippen molar-refractivity contribution >= 4 is 23.0 Å². The van der Waals surface area contributed by atoms with E-state index in [4.69, 9.17) is 4.74 Å². The number of carboxylic acid groups (broad SMARTS) is 1. The standard InChI is InChI=1S/C21H25N7O6/c29-8-12-14(30)15(31)18(34-12)27-9-22-13-16(26-21-3-1-10(5-21)2-4-21)24-20(25-17(13)27)28-7-11(6-23-28)19(32)33/h6-7,9-10,12,14-15,18,29-31H,1-5,8H2,(H,32,33)(H,24,25,26)/t10?,12-,14-,15-,18-,21?/m1/s1. The van der Waals surface area contributed by atoms with Gasteiger partial charge >= 0.3 is 5.97 Å². The van der Waals surface area contributed by atoms with Gasteiger partial charge in [0.25, 0.3) is 5.95 Å². The topological polar surface area (TPSA) is 181 Å². The molecule has 3 fully saturated rings. The number of nitrogens with zero attached hydrogens (tertiary/aromatic N) is 6. The van der Waals surface area contributed by atoms with Crippen molar-refractivity contribution < 1.29 is 30.0 Å². The highest BCUT2D eigenvalue weighted by Crippen LogP contribution is 2.49. The number of aromatic carboxylic acids is 1. The lowest BCUT2D eigenvalue weighted by Crippen LogP contribution is -2.34. The number of rotatable bonds is 6. The molecule has 13 heteroatoms. The molecule has 1 saturated heterocycles. The lowest BCUT2D eigenvalue weighted by Gasteiger charge is -2.28. The summed E-state index contributed by atoms with van der Waals surface area (Å²) in [6, 6.07) is 0. The molecular weight excluding hydrogens is 446 g/mol. The van der Waals surface area contributed by atoms with Gasteiger partial charge in [-0.05, 0) is 38.0 Å². The minimum Gasteiger partial charge on any atom is -0.478 e. The molecule has 6 rings (SSSR count). The predicted molar refractivity (Wildman–Crippen MR) is 115 cm³/mol. The zero-order valence-electron chi connectivity index (χ0n) is 18.2. The highest BCUT2D eigenvalue weighted by Gasteiger charge is 2.46. The average Bonchev–Trinajstić information content (AvgIpc) is 3.63. The van der Waals surface area contributed by atoms with Crippen LogP contribution in [0.1, 0.15) is 48.7 Å². The first-order chi connectivity index (χ1) is 16.4. The van der Waals surface area contributed by atoms with Crippen LogP contribution in [0.25, 0.3) is 17.1 Å². The van der Waals surface area contributed by atoms with Gasteiger partial charge in [-0.3, -0.25) is 4.57 Å². The van der Waals surface area contributed by atoms with E-state index in [2.05, 4.69) is 25.4 Å². The van der Waals surface area contributed by atoms with E-state index in [1.54, 1.807) is 0 Å². The van der Waals surface area contributed by atoms with Crippen molar-refractivity contribution in [1.29, 1.82) is 0 Å². The number of aliphatic hydroxyl groups is 3. The molecule has 0 unspecified atom stereocenters. The minimum atomic E-state index is -1.31. The van der Waals surface area contributed by atoms with Crippen molar-refractivity contribution in [2.45, 2.75) is 62.2 Å². The normalized spacial score (nSPS) is 32.6. The number of carboxylic acids is 1. The zero-order chi connectivity index (χ0) is 23.6. The third-order valence-electron chi connectivity index (χ3n) is 7.36. The lowest BCUT2D eigenvalue weighted by molar-refractivity contribution is -0.0511. The number of aliphatic hydroxyl groups excluding tert-OH is 3. The van der Waals surface area contributed by atoms with Crippen LogP contribution in [0.15, 0.2) is 18.7 Å². The van der Waals surface area contributed by atoms with Gasteiger partial charge in [0.05, 0.1) is 24.7 Å². The Morgan fingerprint density at radius 2 is 2.03 bits per heavy atom. The summed E-state index contributed by atoms with van der Waals surface area (Å²) in [5, 5.41) is 47.2. The minimum absolute atomic E-state index is 0.0109. The molecule has 5 N–H and O–H groups in total. The maximum atomic E-state index is 11.3. The van der Waals surface area contributed by atoms with Gasteiger partial charge in [-0.15, -0.1) is 0 Å². The van der Waals surface area contributed by atoms with Gasteiger partial charge in [-0.25, -0.2) is 14.5 Å². The molecule has 3 aliphatic rings. The van der Waals surface area contributed by atoms with E-state index < -0.39 is 37.1 Å². The molecule has 34 heavy (non-hydrogen) atoms. The second-order valence-corrected chi connectivity index (χ2v) is 9.46. The molecule has 4 heterocycles. The summed E-state index contributed by atoms with van der Waals surface area (Å²) in [5.41, 5.74) is 0.684. The maximum Gasteiger partial charge on any atom is 0.338 e. The van der Waals surface area contributed by atoms with Crippen molar-refractivity contribution in [2.24, 2.45) is 5.92 Å². The van der Waals surface area contributed by atoms with Crippen LogP contribution in [-0.2, 0) is 4.74 Å². The number of anilines is 1. The Kier molecular flexibility index (Phi) is 4.85. The van der Waals surface area contributed by atoms with E-state index in [1.807, 2.05) is 0 Å². The van der Waals surface area contributed by atoms with Gasteiger partial charge in [-0.1, -0.05) is 0 Å². The van der Waals surface area contributed by atoms with Crippen LogP contribution >= 0.6 is 0 Å². The Labute approximate surface area is 193 Å². The SMILES string of the molecule is O=C(O)c1cnn(-c2nc(NC34CCC(CC3)C4)c3ncn([C@@H]4O[C@H](CO)[C@@H](O)[C@H]4O)c3n2)c1. The summed E-state index contributed by atoms with van der Waals surface area (Å²) >= 11 is 0. The number of ether oxygens (including phenoxy) is 1. The number of carbonyl (C=O) groups is 1. The van der Waals surface area contributed by atoms with Crippen LogP contribution in [0.5, 0.6) is 0 Å². The molecule has 3 aromatic rings. The molecule has 0 radical (unpaired) electrons. The molecule has 4 atom stereocenters. The number of imidazole rings is 1. The van der Waals surface area contributed by atoms with Crippen LogP contribution in [0, 0.1) is 5.92 Å². The first kappa shape index (κ1) is 21.4. The summed E-state index contributed by atoms with van der Waals surface area (Å²) in [7, 11) is 0. The number of hydrogen-bond acceptors (Lipinski definition) is 10. The first-order valence-corrected chi connectivity index (χ1v) is 11.3. The number of hydrogen-bond donors (Lipinski definition) is 5. The van der Waals surface area contributed by atoms with E-state index in [1.165, 1.54) is 28.0 Å². The predicted octanol–water partition coefficient (Wildman–Crippen LogP) is 0.0663. The molecule has 2 aliphatic carbocycles. The number of nitrogens with one attached hydrogen (secondary N) is 1. The summed E-state index contributed by atoms with van der Waals surface area (Å²) in [5.74, 6) is 0.189. The molecule has 0 spiro atoms. The molecule has 180 valence electrons. The van der Waals surface area contributed by atoms with Crippen LogP contribution < -0.4 is 5.32 Å². The molecular formula is C21H25N7O6. The molecule has 3 aromatic heterocycles. The van der Waals surface area contributed by atoms with E-state index in [9.17, 15) is 25.2 Å². The summed E-state index contributed by atoms with van der Waals surface area (Å²) in [6.45, 7) is -0.455. The van der Waals surface area contributed by atoms with Crippen molar-refractivity contribution in [3.8, 4) is 5.95 Å². The Bertz CT molecular complexity index is 1250. The summed E-state index contributed by atoms with van der Waals surface area (Å²) < 4.78 is 8.44. The van der Waals surface area contributed by atoms with Crippen molar-refractivity contribution in [2.75, 3.05) is 11.9 Å². The molecule has 0 aromatic carbocycles. The Morgan fingerprint density at radius 3 is 2.65 bits per heavy atom. The van der Waals surface area contributed by atoms with Gasteiger partial charge in [-0.2, -0.15) is 15.1 Å². The Balaban J connectivity index is 1.47. The monoisotopic (exact) mass is 471 g/mol. The molecule has 2 bridgehead atoms. The fourth-order valence-corrected chi connectivity index (χ4v) is 5.55. The Morgan fingerprint density at radius 1 is 1.24 bits per heavy atom. The van der Waals surface area contributed by atoms with Crippen LogP contribution in [0.2, 0.25) is 0 Å². The van der Waals surface area contributed by atoms with Crippen molar-refractivity contribution in [1.82, 2.24) is 29.3 Å². The summed E-state index contributed by atoms with van der Waals surface area (Å²) in [6.07, 6.45) is 4.84. The van der Waals surface area contributed by atoms with Crippen molar-refractivity contribution in [3.63, 3.8) is 0 Å². The Hall–Kier alpha value is -3.13. The highest BCUT2D eigenvalue weighted by molar-refractivity contribution is 5.87. The summed E-state index contributed by atoms with van der Waals surface area (Å²) in [4.78, 5) is 25.0. The van der Waals surface area contributed by atoms with Gasteiger partial charge in [0.2, 0.25) is 0 Å². The van der Waals surface area contributed by atoms with Gasteiger partial charge in [0.1, 0.15) is 18.3 Å². The lowest BCUT2D eigenvalue weighted by atomic mass is 9.94. The number of fused-ring (bicyclic) bond motifs is 3. The quantitative estimate of drug-likeness (QED) is 0.328. The van der Waals surface area contributed by atoms with E-state index in [-0.39, 0.29) is 17.1 Å². The van der Waals surface area contributed by atoms with E-state index in [0.29, 0.717) is 22.9 Å². The smallest absolute Gasteiger partial charge is 0.338 e. The first-order valence-electron chi connectivity index (χ1n) is 11.3. The van der Waals surface area contributed by atoms with E-state index >= 15 is 0 Å². The highest BCUT2D eigenvalue weighted by atomic mass is 16.6. The van der Waals surface area contributed by atoms with Crippen LogP contribution in [0.3, 0.4) is 0 Å². The van der Waals surface area contributed by atoms with Gasteiger partial charge in [0.15, 0.2) is 23.2 Å². The molecule has 0 amide bonds. The largest absolute Gasteiger partial charge is 0.478 e. The van der Waals surface area contributed by atoms with Crippen molar-refractivity contribution in [3.05, 3.63) is 24.3 Å². The van der Waals surface area contributed by atoms with Gasteiger partial charge < -0.3 is 30.5 Å². The average molecular weight is 471 g/mol. The fraction of sp³-hybridized carbons (Fsp3) is 0.571. The zero-order valence-corrected chi connectivity index (χ0v) is 18.2. The van der Waals surface area contributed by atoms with Gasteiger partial charge in [0, 0.05) is 11.7 Å². The van der Waals surface area contributed by atoms with Crippen LogP contribution in [-0.4, -0.2) is 86.2 Å². The molecule has 13 nitrogen and oxygen atoms in total. The third-order valence-corrected chi connectivity index (χ3v) is 7.36. The fourth-order valence-electron chi connectivity index (χ4n) is 5.55. The maximum absolute atomic E-state index is 11.3. The molecule has 2 saturated carbocycles. The number of aromatic nitrogens is 6. The molecule has 1 aliphatic heterocycles. The van der Waals surface area contributed by atoms with E-state index in [0.717, 1.165) is 32.1 Å².